The fourth-order valence-electron chi connectivity index (χ4n) is 0.591. The molecule has 0 aromatic heterocycles. The van der Waals surface area contributed by atoms with E-state index in [-0.39, 0.29) is 13.2 Å². The van der Waals surface area contributed by atoms with Gasteiger partial charge in [-0.3, -0.25) is 4.18 Å². The van der Waals surface area contributed by atoms with Gasteiger partial charge in [0.1, 0.15) is 0 Å². The molecule has 0 unspecified atom stereocenters. The zero-order chi connectivity index (χ0) is 8.74. The van der Waals surface area contributed by atoms with Gasteiger partial charge in [-0.05, 0) is 19.3 Å². The third-order valence-corrected chi connectivity index (χ3v) is 1.68. The first-order chi connectivity index (χ1) is 5.06. The quantitative estimate of drug-likeness (QED) is 0.444. The predicted octanol–water partition coefficient (Wildman–Crippen LogP) is 0.563. The van der Waals surface area contributed by atoms with Crippen molar-refractivity contribution in [2.75, 3.05) is 19.5 Å². The standard InChI is InChI=1S/C6H13O4S/c1-11(8,9)10-6-4-2-3-5-7/h2-6H2,1H3. The molecule has 0 spiro atoms. The topological polar surface area (TPSA) is 63.3 Å². The molecule has 0 saturated heterocycles. The Hall–Kier alpha value is -0.130. The highest BCUT2D eigenvalue weighted by molar-refractivity contribution is 7.85. The van der Waals surface area contributed by atoms with Crippen molar-refractivity contribution in [1.82, 2.24) is 0 Å². The molecule has 1 radical (unpaired) electrons. The normalized spacial score (nSPS) is 11.8. The molecule has 0 bridgehead atoms. The van der Waals surface area contributed by atoms with Gasteiger partial charge in [0.05, 0.1) is 19.5 Å². The first-order valence-corrected chi connectivity index (χ1v) is 5.30. The van der Waals surface area contributed by atoms with Crippen LogP contribution in [0.3, 0.4) is 0 Å². The second-order valence-electron chi connectivity index (χ2n) is 2.29. The third kappa shape index (κ3) is 9.87. The molecule has 4 nitrogen and oxygen atoms in total. The Morgan fingerprint density at radius 3 is 2.27 bits per heavy atom. The molecular weight excluding hydrogens is 168 g/mol. The van der Waals surface area contributed by atoms with E-state index in [1.165, 1.54) is 0 Å². The van der Waals surface area contributed by atoms with Crippen LogP contribution >= 0.6 is 0 Å². The Labute approximate surface area is 67.3 Å². The summed E-state index contributed by atoms with van der Waals surface area (Å²) in [4.78, 5) is 0. The Bertz CT molecular complexity index is 173. The van der Waals surface area contributed by atoms with Crippen molar-refractivity contribution in [3.05, 3.63) is 0 Å². The van der Waals surface area contributed by atoms with E-state index in [1.807, 2.05) is 0 Å². The maximum atomic E-state index is 10.4. The average molecular weight is 181 g/mol. The maximum Gasteiger partial charge on any atom is 0.264 e. The maximum absolute atomic E-state index is 10.4. The van der Waals surface area contributed by atoms with Crippen LogP contribution in [0.1, 0.15) is 19.3 Å². The molecule has 0 amide bonds. The summed E-state index contributed by atoms with van der Waals surface area (Å²) in [6, 6.07) is 0. The number of hydrogen-bond acceptors (Lipinski definition) is 3. The fraction of sp³-hybridized carbons (Fsp3) is 1.00. The summed E-state index contributed by atoms with van der Waals surface area (Å²) < 4.78 is 25.2. The Morgan fingerprint density at radius 2 is 1.82 bits per heavy atom. The van der Waals surface area contributed by atoms with Gasteiger partial charge in [-0.2, -0.15) is 8.42 Å². The van der Waals surface area contributed by atoms with Crippen LogP contribution in [0.15, 0.2) is 0 Å². The molecule has 0 saturated carbocycles. The molecule has 0 heterocycles. The van der Waals surface area contributed by atoms with Gasteiger partial charge in [0.15, 0.2) is 0 Å². The fourth-order valence-corrected chi connectivity index (χ4v) is 1.01. The second-order valence-corrected chi connectivity index (χ2v) is 3.93. The number of rotatable bonds is 6. The summed E-state index contributed by atoms with van der Waals surface area (Å²) in [5, 5.41) is 9.93. The van der Waals surface area contributed by atoms with Crippen LogP contribution < -0.4 is 0 Å². The molecule has 0 N–H and O–H groups in total. The smallest absolute Gasteiger partial charge is 0.264 e. The summed E-state index contributed by atoms with van der Waals surface area (Å²) in [5.74, 6) is 0. The van der Waals surface area contributed by atoms with Gasteiger partial charge in [-0.25, -0.2) is 5.11 Å². The average Bonchev–Trinajstić information content (AvgIpc) is 1.85. The Balaban J connectivity index is 3.16. The van der Waals surface area contributed by atoms with Crippen LogP contribution in [0.4, 0.5) is 0 Å². The minimum absolute atomic E-state index is 0.0983. The lowest BCUT2D eigenvalue weighted by atomic mass is 10.2. The van der Waals surface area contributed by atoms with Crippen LogP contribution in [0.25, 0.3) is 0 Å². The van der Waals surface area contributed by atoms with Crippen molar-refractivity contribution < 1.29 is 17.7 Å². The number of hydrogen-bond donors (Lipinski definition) is 0. The van der Waals surface area contributed by atoms with Crippen molar-refractivity contribution in [3.8, 4) is 0 Å². The van der Waals surface area contributed by atoms with Gasteiger partial charge in [0.2, 0.25) is 0 Å². The molecule has 0 fully saturated rings. The van der Waals surface area contributed by atoms with Crippen molar-refractivity contribution in [3.63, 3.8) is 0 Å². The molecule has 5 heteroatoms. The molecule has 0 aromatic carbocycles. The lowest BCUT2D eigenvalue weighted by Crippen LogP contribution is -2.03. The van der Waals surface area contributed by atoms with Crippen LogP contribution in [-0.4, -0.2) is 27.9 Å². The largest absolute Gasteiger partial charge is 0.270 e. The van der Waals surface area contributed by atoms with E-state index in [0.29, 0.717) is 12.8 Å². The summed E-state index contributed by atoms with van der Waals surface area (Å²) in [6.45, 7) is 0.0949. The Kier molecular flexibility index (Phi) is 5.45. The van der Waals surface area contributed by atoms with E-state index in [1.54, 1.807) is 0 Å². The van der Waals surface area contributed by atoms with Crippen molar-refractivity contribution in [1.29, 1.82) is 0 Å². The van der Waals surface area contributed by atoms with E-state index in [0.717, 1.165) is 12.7 Å². The van der Waals surface area contributed by atoms with E-state index in [9.17, 15) is 13.5 Å². The number of unbranched alkanes of at least 4 members (excludes halogenated alkanes) is 2. The first kappa shape index (κ1) is 10.9. The van der Waals surface area contributed by atoms with E-state index in [2.05, 4.69) is 4.18 Å². The van der Waals surface area contributed by atoms with Crippen molar-refractivity contribution in [2.45, 2.75) is 19.3 Å². The van der Waals surface area contributed by atoms with Gasteiger partial charge in [0, 0.05) is 0 Å². The first-order valence-electron chi connectivity index (χ1n) is 3.49. The highest BCUT2D eigenvalue weighted by atomic mass is 32.2. The zero-order valence-electron chi connectivity index (χ0n) is 6.58. The molecular formula is C6H13O4S. The van der Waals surface area contributed by atoms with Gasteiger partial charge >= 0.3 is 0 Å². The van der Waals surface area contributed by atoms with E-state index < -0.39 is 10.1 Å². The highest BCUT2D eigenvalue weighted by Gasteiger charge is 1.99. The van der Waals surface area contributed by atoms with Gasteiger partial charge in [-0.1, -0.05) is 0 Å². The highest BCUT2D eigenvalue weighted by Crippen LogP contribution is 1.96. The lowest BCUT2D eigenvalue weighted by Gasteiger charge is -1.98. The van der Waals surface area contributed by atoms with Crippen LogP contribution in [-0.2, 0) is 19.4 Å². The second kappa shape index (κ2) is 5.51. The predicted molar refractivity (Wildman–Crippen MR) is 40.2 cm³/mol. The van der Waals surface area contributed by atoms with Crippen LogP contribution in [0.5, 0.6) is 0 Å². The molecule has 0 aromatic rings. The van der Waals surface area contributed by atoms with Gasteiger partial charge in [-0.15, -0.1) is 0 Å². The Morgan fingerprint density at radius 1 is 1.18 bits per heavy atom. The van der Waals surface area contributed by atoms with E-state index in [4.69, 9.17) is 0 Å². The summed E-state index contributed by atoms with van der Waals surface area (Å²) in [5.41, 5.74) is 0. The molecule has 0 aliphatic rings. The lowest BCUT2D eigenvalue weighted by molar-refractivity contribution is 0.183. The SMILES string of the molecule is CS(=O)(=O)OCCCCC[O]. The molecule has 0 rings (SSSR count). The van der Waals surface area contributed by atoms with Crippen LogP contribution in [0, 0.1) is 0 Å². The monoisotopic (exact) mass is 181 g/mol. The van der Waals surface area contributed by atoms with Crippen molar-refractivity contribution in [2.24, 2.45) is 0 Å². The van der Waals surface area contributed by atoms with Gasteiger partial charge in [0.25, 0.3) is 10.1 Å². The van der Waals surface area contributed by atoms with Gasteiger partial charge < -0.3 is 0 Å². The summed E-state index contributed by atoms with van der Waals surface area (Å²) >= 11 is 0. The molecule has 0 atom stereocenters. The molecule has 67 valence electrons. The summed E-state index contributed by atoms with van der Waals surface area (Å²) in [7, 11) is -3.29. The van der Waals surface area contributed by atoms with E-state index >= 15 is 0 Å². The minimum Gasteiger partial charge on any atom is -0.270 e. The summed E-state index contributed by atoms with van der Waals surface area (Å²) in [6.07, 6.45) is 2.97. The zero-order valence-corrected chi connectivity index (χ0v) is 7.39. The molecule has 0 aliphatic heterocycles. The molecule has 0 aliphatic carbocycles. The third-order valence-electron chi connectivity index (χ3n) is 1.09. The minimum atomic E-state index is -3.29. The van der Waals surface area contributed by atoms with Crippen LogP contribution in [0.2, 0.25) is 0 Å². The van der Waals surface area contributed by atoms with Crippen molar-refractivity contribution >= 4 is 10.1 Å². The molecule has 11 heavy (non-hydrogen) atoms.